The molecule has 0 aliphatic carbocycles. The summed E-state index contributed by atoms with van der Waals surface area (Å²) in [6.07, 6.45) is 2.92. The van der Waals surface area contributed by atoms with Gasteiger partial charge in [-0.15, -0.1) is 5.10 Å². The third kappa shape index (κ3) is 4.34. The van der Waals surface area contributed by atoms with Crippen molar-refractivity contribution in [2.45, 2.75) is 43.3 Å². The molecule has 2 aliphatic rings. The highest BCUT2D eigenvalue weighted by molar-refractivity contribution is 6.53. The molecule has 1 aromatic carbocycles. The number of benzene rings is 1. The lowest BCUT2D eigenvalue weighted by Crippen LogP contribution is -2.65. The first kappa shape index (κ1) is 24.6. The van der Waals surface area contributed by atoms with E-state index in [1.807, 2.05) is 6.92 Å². The molecule has 0 saturated carbocycles. The van der Waals surface area contributed by atoms with E-state index < -0.39 is 10.8 Å². The third-order valence-corrected chi connectivity index (χ3v) is 6.49. The minimum absolute atomic E-state index is 0.0453. The lowest BCUT2D eigenvalue weighted by Gasteiger charge is -2.48. The highest BCUT2D eigenvalue weighted by Crippen LogP contribution is 2.41. The summed E-state index contributed by atoms with van der Waals surface area (Å²) in [6.45, 7) is 3.67. The van der Waals surface area contributed by atoms with Crippen LogP contribution in [-0.2, 0) is 11.3 Å². The van der Waals surface area contributed by atoms with E-state index in [-0.39, 0.29) is 11.7 Å². The van der Waals surface area contributed by atoms with Crippen molar-refractivity contribution in [3.8, 4) is 17.2 Å². The van der Waals surface area contributed by atoms with Crippen LogP contribution in [0.1, 0.15) is 24.0 Å². The van der Waals surface area contributed by atoms with Crippen molar-refractivity contribution in [2.24, 2.45) is 0 Å². The van der Waals surface area contributed by atoms with Crippen LogP contribution in [0.3, 0.4) is 0 Å². The molecule has 5 rings (SSSR count). The Morgan fingerprint density at radius 2 is 1.78 bits per heavy atom. The average molecular weight is 478 g/mol. The SMILES string of the molecule is [B]C1([B])Oc2ccc(OC3CCN(c4nn5c(=O)ccnc5c(COC)c4C)CC3)cc2OC1([B])[B]. The molecular weight excluding hydrogens is 456 g/mol. The fourth-order valence-corrected chi connectivity index (χ4v) is 4.42. The van der Waals surface area contributed by atoms with Crippen LogP contribution in [0.5, 0.6) is 17.2 Å². The van der Waals surface area contributed by atoms with Gasteiger partial charge in [0, 0.05) is 73.3 Å². The van der Waals surface area contributed by atoms with E-state index in [0.29, 0.717) is 42.6 Å². The van der Waals surface area contributed by atoms with E-state index in [1.165, 1.54) is 16.8 Å². The Balaban J connectivity index is 1.31. The summed E-state index contributed by atoms with van der Waals surface area (Å²) in [7, 11) is 24.9. The maximum absolute atomic E-state index is 12.4. The minimum Gasteiger partial charge on any atom is -0.501 e. The third-order valence-electron chi connectivity index (χ3n) is 6.49. The van der Waals surface area contributed by atoms with Gasteiger partial charge in [0.05, 0.1) is 6.61 Å². The minimum atomic E-state index is -1.91. The van der Waals surface area contributed by atoms with Crippen LogP contribution in [0.2, 0.25) is 0 Å². The van der Waals surface area contributed by atoms with Crippen molar-refractivity contribution in [2.75, 3.05) is 25.1 Å². The monoisotopic (exact) mass is 478 g/mol. The highest BCUT2D eigenvalue weighted by Gasteiger charge is 2.43. The van der Waals surface area contributed by atoms with Gasteiger partial charge >= 0.3 is 0 Å². The van der Waals surface area contributed by atoms with Gasteiger partial charge in [-0.2, -0.15) is 4.52 Å². The second-order valence-corrected chi connectivity index (χ2v) is 9.08. The zero-order valence-electron chi connectivity index (χ0n) is 20.1. The first-order valence-electron chi connectivity index (χ1n) is 11.6. The predicted octanol–water partition coefficient (Wildman–Crippen LogP) is 0.345. The van der Waals surface area contributed by atoms with E-state index in [0.717, 1.165) is 29.8 Å². The maximum atomic E-state index is 12.4. The van der Waals surface area contributed by atoms with Crippen molar-refractivity contribution in [1.29, 1.82) is 0 Å². The van der Waals surface area contributed by atoms with E-state index in [4.69, 9.17) is 50.3 Å². The molecule has 3 aromatic rings. The number of aromatic nitrogens is 3. The summed E-state index contributed by atoms with van der Waals surface area (Å²) < 4.78 is 24.0. The Hall–Kier alpha value is -3.07. The van der Waals surface area contributed by atoms with Gasteiger partial charge in [0.25, 0.3) is 5.56 Å². The molecule has 1 saturated heterocycles. The van der Waals surface area contributed by atoms with Crippen molar-refractivity contribution >= 4 is 42.9 Å². The first-order chi connectivity index (χ1) is 17.1. The molecule has 0 amide bonds. The Bertz CT molecular complexity index is 1360. The number of hydrogen-bond donors (Lipinski definition) is 0. The maximum Gasteiger partial charge on any atom is 0.274 e. The van der Waals surface area contributed by atoms with Crippen molar-refractivity contribution in [3.05, 3.63) is 51.9 Å². The van der Waals surface area contributed by atoms with Gasteiger partial charge < -0.3 is 23.8 Å². The number of anilines is 1. The molecule has 4 heterocycles. The van der Waals surface area contributed by atoms with Gasteiger partial charge in [-0.3, -0.25) is 4.79 Å². The quantitative estimate of drug-likeness (QED) is 0.487. The molecule has 2 aliphatic heterocycles. The van der Waals surface area contributed by atoms with E-state index in [2.05, 4.69) is 15.0 Å². The van der Waals surface area contributed by atoms with Gasteiger partial charge in [0.2, 0.25) is 0 Å². The van der Waals surface area contributed by atoms with Crippen LogP contribution in [0.25, 0.3) is 5.65 Å². The Morgan fingerprint density at radius 3 is 2.47 bits per heavy atom. The van der Waals surface area contributed by atoms with E-state index in [1.54, 1.807) is 25.3 Å². The molecule has 8 radical (unpaired) electrons. The normalized spacial score (nSPS) is 18.8. The van der Waals surface area contributed by atoms with Crippen molar-refractivity contribution in [1.82, 2.24) is 14.6 Å². The number of piperidine rings is 1. The topological polar surface area (TPSA) is 87.4 Å². The van der Waals surface area contributed by atoms with Gasteiger partial charge in [-0.25, -0.2) is 4.98 Å². The second kappa shape index (κ2) is 9.10. The Kier molecular flexibility index (Phi) is 6.22. The molecule has 13 heteroatoms. The lowest BCUT2D eigenvalue weighted by molar-refractivity contribution is 0.0609. The summed E-state index contributed by atoms with van der Waals surface area (Å²) in [6, 6.07) is 6.44. The fraction of sp³-hybridized carbons (Fsp3) is 0.435. The Morgan fingerprint density at radius 1 is 1.08 bits per heavy atom. The average Bonchev–Trinajstić information content (AvgIpc) is 2.82. The molecule has 36 heavy (non-hydrogen) atoms. The van der Waals surface area contributed by atoms with Crippen LogP contribution in [-0.4, -0.2) is 83.1 Å². The number of hydrogen-bond acceptors (Lipinski definition) is 8. The number of nitrogens with zero attached hydrogens (tertiary/aromatic N) is 4. The Labute approximate surface area is 214 Å². The lowest BCUT2D eigenvalue weighted by atomic mass is 9.41. The molecule has 0 bridgehead atoms. The van der Waals surface area contributed by atoms with Gasteiger partial charge in [-0.05, 0) is 19.1 Å². The van der Waals surface area contributed by atoms with Crippen LogP contribution < -0.4 is 24.7 Å². The standard InChI is InChI=1S/C23H22B4N4O5/c1-13-16(12-33-2)21-28-8-5-19(32)31(21)29-20(13)30-9-6-14(7-10-30)34-15-3-4-17-18(11-15)36-23(26,27)22(24,25)35-17/h3-5,8,11,14H,6-7,9-10,12H2,1-2H3. The molecular formula is C23H22B4N4O5. The van der Waals surface area contributed by atoms with Gasteiger partial charge in [0.15, 0.2) is 23.0 Å². The summed E-state index contributed by atoms with van der Waals surface area (Å²) in [5.41, 5.74) is 2.03. The molecule has 176 valence electrons. The molecule has 9 nitrogen and oxygen atoms in total. The number of ether oxygens (including phenoxy) is 4. The highest BCUT2D eigenvalue weighted by atomic mass is 16.6. The molecule has 0 unspecified atom stereocenters. The zero-order valence-corrected chi connectivity index (χ0v) is 20.1. The largest absolute Gasteiger partial charge is 0.501 e. The second-order valence-electron chi connectivity index (χ2n) is 9.08. The number of fused-ring (bicyclic) bond motifs is 2. The molecule has 0 spiro atoms. The predicted molar refractivity (Wildman–Crippen MR) is 137 cm³/mol. The summed E-state index contributed by atoms with van der Waals surface area (Å²) >= 11 is 0. The van der Waals surface area contributed by atoms with Crippen LogP contribution in [0.4, 0.5) is 5.82 Å². The van der Waals surface area contributed by atoms with Crippen LogP contribution in [0.15, 0.2) is 35.3 Å². The van der Waals surface area contributed by atoms with Crippen molar-refractivity contribution in [3.63, 3.8) is 0 Å². The summed E-state index contributed by atoms with van der Waals surface area (Å²) in [4.78, 5) is 18.9. The molecule has 1 fully saturated rings. The first-order valence-corrected chi connectivity index (χ1v) is 11.6. The van der Waals surface area contributed by atoms with Crippen LogP contribution in [0, 0.1) is 6.92 Å². The zero-order chi connectivity index (χ0) is 25.7. The fourth-order valence-electron chi connectivity index (χ4n) is 4.42. The van der Waals surface area contributed by atoms with Crippen molar-refractivity contribution < 1.29 is 18.9 Å². The molecule has 0 atom stereocenters. The molecule has 0 N–H and O–H groups in total. The summed E-state index contributed by atoms with van der Waals surface area (Å²) in [5, 5.41) is 0.831. The smallest absolute Gasteiger partial charge is 0.274 e. The number of rotatable bonds is 5. The number of methoxy groups -OCH3 is 1. The van der Waals surface area contributed by atoms with E-state index >= 15 is 0 Å². The van der Waals surface area contributed by atoms with Gasteiger partial charge in [0.1, 0.15) is 43.2 Å². The van der Waals surface area contributed by atoms with Gasteiger partial charge in [-0.1, -0.05) is 0 Å². The van der Waals surface area contributed by atoms with Crippen LogP contribution >= 0.6 is 0 Å². The van der Waals surface area contributed by atoms with E-state index in [9.17, 15) is 4.79 Å². The molecule has 2 aromatic heterocycles. The summed E-state index contributed by atoms with van der Waals surface area (Å²) in [5.74, 6) is 1.93.